The van der Waals surface area contributed by atoms with Gasteiger partial charge in [0.2, 0.25) is 0 Å². The van der Waals surface area contributed by atoms with Gasteiger partial charge in [0.25, 0.3) is 0 Å². The summed E-state index contributed by atoms with van der Waals surface area (Å²) in [5, 5.41) is 17.6. The fourth-order valence-electron chi connectivity index (χ4n) is 1.63. The molecule has 0 heterocycles. The van der Waals surface area contributed by atoms with Crippen LogP contribution >= 0.6 is 0 Å². The Kier molecular flexibility index (Phi) is 6.69. The van der Waals surface area contributed by atoms with Gasteiger partial charge in [0.15, 0.2) is 0 Å². The van der Waals surface area contributed by atoms with Crippen molar-refractivity contribution in [2.45, 2.75) is 27.2 Å². The van der Waals surface area contributed by atoms with E-state index in [0.717, 1.165) is 29.9 Å². The van der Waals surface area contributed by atoms with Gasteiger partial charge in [0, 0.05) is 6.61 Å². The summed E-state index contributed by atoms with van der Waals surface area (Å²) in [4.78, 5) is 0. The lowest BCUT2D eigenvalue weighted by Gasteiger charge is -2.15. The first-order valence-electron chi connectivity index (χ1n) is 6.39. The van der Waals surface area contributed by atoms with Crippen molar-refractivity contribution in [3.63, 3.8) is 0 Å². The van der Waals surface area contributed by atoms with Crippen LogP contribution in [0.2, 0.25) is 0 Å². The van der Waals surface area contributed by atoms with Gasteiger partial charge in [-0.1, -0.05) is 6.92 Å². The lowest BCUT2D eigenvalue weighted by atomic mass is 10.1. The Labute approximate surface area is 114 Å². The lowest BCUT2D eigenvalue weighted by molar-refractivity contribution is 0.100. The predicted octanol–water partition coefficient (Wildman–Crippen LogP) is 1.46. The van der Waals surface area contributed by atoms with E-state index in [2.05, 4.69) is 6.92 Å². The van der Waals surface area contributed by atoms with Crippen molar-refractivity contribution in [2.24, 2.45) is 0 Å². The van der Waals surface area contributed by atoms with Gasteiger partial charge >= 0.3 is 7.32 Å². The second kappa shape index (κ2) is 8.04. The molecule has 19 heavy (non-hydrogen) atoms. The molecule has 2 N–H and O–H groups in total. The van der Waals surface area contributed by atoms with Crippen LogP contribution in [0.1, 0.15) is 24.5 Å². The van der Waals surface area contributed by atoms with Crippen molar-refractivity contribution in [3.05, 3.63) is 23.3 Å². The van der Waals surface area contributed by atoms with E-state index in [-0.39, 0.29) is 0 Å². The summed E-state index contributed by atoms with van der Waals surface area (Å²) in [6.07, 6.45) is 0.994. The second-order valence-corrected chi connectivity index (χ2v) is 4.22. The summed E-state index contributed by atoms with van der Waals surface area (Å²) < 4.78 is 15.8. The number of hydrogen-bond acceptors (Lipinski definition) is 5. The maximum atomic E-state index is 8.80. The zero-order chi connectivity index (χ0) is 14.3. The average molecular weight is 268 g/mol. The molecule has 1 aromatic rings. The summed E-state index contributed by atoms with van der Waals surface area (Å²) in [5.74, 6) is 1.18. The molecule has 0 aliphatic carbocycles. The molecule has 0 fully saturated rings. The summed E-state index contributed by atoms with van der Waals surface area (Å²) in [5.41, 5.74) is 1.73. The summed E-state index contributed by atoms with van der Waals surface area (Å²) in [6.45, 7) is 7.58. The Hall–Kier alpha value is -1.24. The van der Waals surface area contributed by atoms with Crippen molar-refractivity contribution in [2.75, 3.05) is 19.8 Å². The fourth-order valence-corrected chi connectivity index (χ4v) is 1.63. The number of ether oxygens (including phenoxy) is 2. The van der Waals surface area contributed by atoms with E-state index >= 15 is 0 Å². The van der Waals surface area contributed by atoms with Gasteiger partial charge in [-0.2, -0.15) is 0 Å². The minimum atomic E-state index is -1.81. The lowest BCUT2D eigenvalue weighted by Crippen LogP contribution is -2.21. The van der Waals surface area contributed by atoms with Crippen LogP contribution < -0.4 is 9.39 Å². The highest BCUT2D eigenvalue weighted by atomic mass is 16.6. The third kappa shape index (κ3) is 5.10. The van der Waals surface area contributed by atoms with Crippen molar-refractivity contribution in [3.8, 4) is 11.5 Å². The smallest absolute Gasteiger partial charge is 0.512 e. The predicted molar refractivity (Wildman–Crippen MR) is 73.3 cm³/mol. The Balaban J connectivity index is 2.58. The first-order valence-corrected chi connectivity index (χ1v) is 6.39. The van der Waals surface area contributed by atoms with E-state index in [1.807, 2.05) is 13.8 Å². The largest absolute Gasteiger partial charge is 0.707 e. The summed E-state index contributed by atoms with van der Waals surface area (Å²) in [6, 6.07) is 3.41. The van der Waals surface area contributed by atoms with E-state index in [1.54, 1.807) is 12.1 Å². The van der Waals surface area contributed by atoms with Crippen molar-refractivity contribution >= 4 is 7.32 Å². The Bertz CT molecular complexity index is 395. The van der Waals surface area contributed by atoms with Crippen LogP contribution in [0.15, 0.2) is 12.1 Å². The molecule has 1 rings (SSSR count). The maximum absolute atomic E-state index is 8.80. The molecule has 106 valence electrons. The molecule has 6 heteroatoms. The van der Waals surface area contributed by atoms with Crippen LogP contribution in [0.25, 0.3) is 0 Å². The SMILES string of the molecule is CCCOCCOc1ccc(OB(O)O)c(C)c1C. The molecule has 0 radical (unpaired) electrons. The molecule has 0 aliphatic heterocycles. The van der Waals surface area contributed by atoms with Crippen LogP contribution in [-0.2, 0) is 4.74 Å². The van der Waals surface area contributed by atoms with Crippen LogP contribution in [0, 0.1) is 13.8 Å². The zero-order valence-electron chi connectivity index (χ0n) is 11.7. The van der Waals surface area contributed by atoms with Crippen molar-refractivity contribution < 1.29 is 24.2 Å². The van der Waals surface area contributed by atoms with Crippen LogP contribution in [-0.4, -0.2) is 37.2 Å². The van der Waals surface area contributed by atoms with E-state index < -0.39 is 7.32 Å². The van der Waals surface area contributed by atoms with Crippen LogP contribution in [0.5, 0.6) is 11.5 Å². The molecule has 0 bridgehead atoms. The number of benzene rings is 1. The topological polar surface area (TPSA) is 68.2 Å². The molecule has 0 aliphatic rings. The molecule has 0 saturated carbocycles. The third-order valence-electron chi connectivity index (χ3n) is 2.75. The van der Waals surface area contributed by atoms with E-state index in [4.69, 9.17) is 24.2 Å². The van der Waals surface area contributed by atoms with Crippen molar-refractivity contribution in [1.82, 2.24) is 0 Å². The highest BCUT2D eigenvalue weighted by Crippen LogP contribution is 2.29. The molecule has 0 amide bonds. The fraction of sp³-hybridized carbons (Fsp3) is 0.538. The van der Waals surface area contributed by atoms with Gasteiger partial charge in [-0.15, -0.1) is 0 Å². The highest BCUT2D eigenvalue weighted by molar-refractivity contribution is 6.33. The molecular formula is C13H21BO5. The summed E-state index contributed by atoms with van der Waals surface area (Å²) >= 11 is 0. The summed E-state index contributed by atoms with van der Waals surface area (Å²) in [7, 11) is -1.81. The van der Waals surface area contributed by atoms with Gasteiger partial charge in [-0.05, 0) is 43.5 Å². The molecule has 0 aromatic heterocycles. The Morgan fingerprint density at radius 2 is 1.63 bits per heavy atom. The van der Waals surface area contributed by atoms with Crippen LogP contribution in [0.3, 0.4) is 0 Å². The molecule has 0 atom stereocenters. The molecule has 0 spiro atoms. The molecule has 0 saturated heterocycles. The maximum Gasteiger partial charge on any atom is 0.707 e. The second-order valence-electron chi connectivity index (χ2n) is 4.22. The Morgan fingerprint density at radius 1 is 1.00 bits per heavy atom. The van der Waals surface area contributed by atoms with Gasteiger partial charge in [-0.3, -0.25) is 0 Å². The molecule has 1 aromatic carbocycles. The van der Waals surface area contributed by atoms with Gasteiger partial charge in [-0.25, -0.2) is 0 Å². The number of rotatable bonds is 8. The third-order valence-corrected chi connectivity index (χ3v) is 2.75. The molecule has 0 unspecified atom stereocenters. The minimum absolute atomic E-state index is 0.432. The first-order chi connectivity index (χ1) is 9.06. The van der Waals surface area contributed by atoms with Crippen molar-refractivity contribution in [1.29, 1.82) is 0 Å². The molecular weight excluding hydrogens is 247 g/mol. The van der Waals surface area contributed by atoms with Crippen LogP contribution in [0.4, 0.5) is 0 Å². The standard InChI is InChI=1S/C13H21BO5/c1-4-7-17-8-9-18-12-5-6-13(19-14(15)16)11(3)10(12)2/h5-6,15-16H,4,7-9H2,1-3H3. The van der Waals surface area contributed by atoms with Gasteiger partial charge in [0.05, 0.1) is 6.61 Å². The normalized spacial score (nSPS) is 10.4. The van der Waals surface area contributed by atoms with Gasteiger partial charge < -0.3 is 24.2 Å². The average Bonchev–Trinajstić information content (AvgIpc) is 2.37. The minimum Gasteiger partial charge on any atom is -0.512 e. The highest BCUT2D eigenvalue weighted by Gasteiger charge is 2.15. The van der Waals surface area contributed by atoms with E-state index in [9.17, 15) is 0 Å². The first kappa shape index (κ1) is 15.8. The van der Waals surface area contributed by atoms with Gasteiger partial charge in [0.1, 0.15) is 18.1 Å². The quantitative estimate of drug-likeness (QED) is 0.551. The molecule has 5 nitrogen and oxygen atoms in total. The van der Waals surface area contributed by atoms with E-state index in [1.165, 1.54) is 0 Å². The monoisotopic (exact) mass is 268 g/mol. The Morgan fingerprint density at radius 3 is 2.26 bits per heavy atom. The number of hydrogen-bond donors (Lipinski definition) is 2. The van der Waals surface area contributed by atoms with E-state index in [0.29, 0.717) is 19.0 Å². The zero-order valence-corrected chi connectivity index (χ0v) is 11.7.